The first-order valence-electron chi connectivity index (χ1n) is 5.11. The zero-order valence-corrected chi connectivity index (χ0v) is 8.27. The van der Waals surface area contributed by atoms with Crippen molar-refractivity contribution in [1.29, 1.82) is 0 Å². The summed E-state index contributed by atoms with van der Waals surface area (Å²) < 4.78 is 0. The fourth-order valence-electron chi connectivity index (χ4n) is 2.33. The van der Waals surface area contributed by atoms with E-state index in [0.29, 0.717) is 12.2 Å². The summed E-state index contributed by atoms with van der Waals surface area (Å²) in [6.45, 7) is 0. The Kier molecular flexibility index (Phi) is 1.70. The van der Waals surface area contributed by atoms with Crippen molar-refractivity contribution in [3.8, 4) is 0 Å². The average Bonchev–Trinajstić information content (AvgIpc) is 2.88. The van der Waals surface area contributed by atoms with Gasteiger partial charge in [0, 0.05) is 12.4 Å². The van der Waals surface area contributed by atoms with Crippen LogP contribution in [0.5, 0.6) is 0 Å². The second kappa shape index (κ2) is 2.94. The smallest absolute Gasteiger partial charge is 0.147 e. The monoisotopic (exact) mass is 200 g/mol. The van der Waals surface area contributed by atoms with Gasteiger partial charge in [0.15, 0.2) is 0 Å². The molecule has 3 nitrogen and oxygen atoms in total. The fraction of sp³-hybridized carbons (Fsp3) is 0.250. The predicted octanol–water partition coefficient (Wildman–Crippen LogP) is 1.59. The minimum absolute atomic E-state index is 0.646. The Morgan fingerprint density at radius 2 is 2.20 bits per heavy atom. The SMILES string of the molecule is OC1(c2ncc[nH]2)CCc2ccccc21. The van der Waals surface area contributed by atoms with E-state index in [1.54, 1.807) is 12.4 Å². The van der Waals surface area contributed by atoms with Gasteiger partial charge in [0.05, 0.1) is 0 Å². The largest absolute Gasteiger partial charge is 0.377 e. The molecule has 15 heavy (non-hydrogen) atoms. The molecule has 0 aliphatic heterocycles. The van der Waals surface area contributed by atoms with Crippen LogP contribution in [0.1, 0.15) is 23.4 Å². The standard InChI is InChI=1S/C12H12N2O/c15-12(11-13-7-8-14-11)6-5-9-3-1-2-4-10(9)12/h1-4,7-8,15H,5-6H2,(H,13,14). The Hall–Kier alpha value is -1.61. The van der Waals surface area contributed by atoms with Gasteiger partial charge in [-0.2, -0.15) is 0 Å². The lowest BCUT2D eigenvalue weighted by molar-refractivity contribution is 0.0741. The van der Waals surface area contributed by atoms with Crippen LogP contribution in [0.3, 0.4) is 0 Å². The summed E-state index contributed by atoms with van der Waals surface area (Å²) in [5.74, 6) is 0.646. The molecule has 3 heteroatoms. The van der Waals surface area contributed by atoms with Gasteiger partial charge in [-0.15, -0.1) is 0 Å². The third kappa shape index (κ3) is 1.13. The van der Waals surface area contributed by atoms with Gasteiger partial charge in [-0.25, -0.2) is 4.98 Å². The molecule has 0 bridgehead atoms. The Morgan fingerprint density at radius 3 is 3.00 bits per heavy atom. The van der Waals surface area contributed by atoms with Gasteiger partial charge >= 0.3 is 0 Å². The van der Waals surface area contributed by atoms with Gasteiger partial charge in [-0.3, -0.25) is 0 Å². The van der Waals surface area contributed by atoms with Gasteiger partial charge in [0.2, 0.25) is 0 Å². The molecule has 1 aliphatic rings. The van der Waals surface area contributed by atoms with Crippen molar-refractivity contribution in [1.82, 2.24) is 9.97 Å². The molecule has 3 rings (SSSR count). The molecule has 0 radical (unpaired) electrons. The third-order valence-corrected chi connectivity index (χ3v) is 3.11. The highest BCUT2D eigenvalue weighted by atomic mass is 16.3. The number of aryl methyl sites for hydroxylation is 1. The number of aliphatic hydroxyl groups is 1. The van der Waals surface area contributed by atoms with Crippen LogP contribution >= 0.6 is 0 Å². The lowest BCUT2D eigenvalue weighted by Gasteiger charge is -2.21. The molecule has 1 unspecified atom stereocenters. The number of imidazole rings is 1. The van der Waals surface area contributed by atoms with Crippen LogP contribution in [-0.4, -0.2) is 15.1 Å². The number of hydrogen-bond donors (Lipinski definition) is 2. The number of benzene rings is 1. The minimum atomic E-state index is -0.917. The Balaban J connectivity index is 2.17. The molecule has 1 aliphatic carbocycles. The maximum Gasteiger partial charge on any atom is 0.147 e. The van der Waals surface area contributed by atoms with E-state index in [-0.39, 0.29) is 0 Å². The predicted molar refractivity (Wildman–Crippen MR) is 56.3 cm³/mol. The summed E-state index contributed by atoms with van der Waals surface area (Å²) in [6, 6.07) is 8.01. The van der Waals surface area contributed by atoms with Gasteiger partial charge in [-0.1, -0.05) is 24.3 Å². The number of aromatic amines is 1. The lowest BCUT2D eigenvalue weighted by atomic mass is 9.95. The van der Waals surface area contributed by atoms with Gasteiger partial charge in [0.1, 0.15) is 11.4 Å². The van der Waals surface area contributed by atoms with Crippen LogP contribution in [0.4, 0.5) is 0 Å². The highest BCUT2D eigenvalue weighted by molar-refractivity contribution is 5.41. The lowest BCUT2D eigenvalue weighted by Crippen LogP contribution is -2.25. The van der Waals surface area contributed by atoms with Crippen LogP contribution in [0.25, 0.3) is 0 Å². The molecule has 0 amide bonds. The van der Waals surface area contributed by atoms with Gasteiger partial charge in [-0.05, 0) is 24.0 Å². The first kappa shape index (κ1) is 8.68. The Bertz CT molecular complexity index is 478. The zero-order chi connectivity index (χ0) is 10.3. The number of nitrogens with zero attached hydrogens (tertiary/aromatic N) is 1. The summed E-state index contributed by atoms with van der Waals surface area (Å²) in [6.07, 6.45) is 5.04. The molecule has 1 heterocycles. The maximum absolute atomic E-state index is 10.6. The summed E-state index contributed by atoms with van der Waals surface area (Å²) in [7, 11) is 0. The number of H-pyrrole nitrogens is 1. The number of aromatic nitrogens is 2. The number of fused-ring (bicyclic) bond motifs is 1. The molecule has 0 spiro atoms. The molecule has 0 saturated heterocycles. The van der Waals surface area contributed by atoms with E-state index in [0.717, 1.165) is 12.0 Å². The second-order valence-electron chi connectivity index (χ2n) is 3.96. The summed E-state index contributed by atoms with van der Waals surface area (Å²) in [4.78, 5) is 7.16. The summed E-state index contributed by atoms with van der Waals surface area (Å²) >= 11 is 0. The van der Waals surface area contributed by atoms with E-state index < -0.39 is 5.60 Å². The van der Waals surface area contributed by atoms with Gasteiger partial charge in [0.25, 0.3) is 0 Å². The zero-order valence-electron chi connectivity index (χ0n) is 8.27. The molecule has 1 atom stereocenters. The third-order valence-electron chi connectivity index (χ3n) is 3.11. The van der Waals surface area contributed by atoms with Crippen molar-refractivity contribution in [2.45, 2.75) is 18.4 Å². The fourth-order valence-corrected chi connectivity index (χ4v) is 2.33. The van der Waals surface area contributed by atoms with E-state index in [9.17, 15) is 5.11 Å². The van der Waals surface area contributed by atoms with E-state index >= 15 is 0 Å². The highest BCUT2D eigenvalue weighted by Gasteiger charge is 2.39. The first-order chi connectivity index (χ1) is 7.31. The van der Waals surface area contributed by atoms with Crippen LogP contribution in [0.15, 0.2) is 36.7 Å². The molecular formula is C12H12N2O. The van der Waals surface area contributed by atoms with Crippen molar-refractivity contribution < 1.29 is 5.11 Å². The molecule has 1 aromatic carbocycles. The summed E-state index contributed by atoms with van der Waals surface area (Å²) in [5, 5.41) is 10.6. The van der Waals surface area contributed by atoms with E-state index in [1.807, 2.05) is 18.2 Å². The second-order valence-corrected chi connectivity index (χ2v) is 3.96. The molecule has 2 aromatic rings. The molecule has 1 aromatic heterocycles. The Labute approximate surface area is 87.8 Å². The summed E-state index contributed by atoms with van der Waals surface area (Å²) in [5.41, 5.74) is 1.29. The molecule has 76 valence electrons. The van der Waals surface area contributed by atoms with Crippen LogP contribution in [-0.2, 0) is 12.0 Å². The number of hydrogen-bond acceptors (Lipinski definition) is 2. The first-order valence-corrected chi connectivity index (χ1v) is 5.11. The van der Waals surface area contributed by atoms with E-state index in [2.05, 4.69) is 16.0 Å². The van der Waals surface area contributed by atoms with Crippen molar-refractivity contribution in [2.75, 3.05) is 0 Å². The van der Waals surface area contributed by atoms with Crippen LogP contribution in [0.2, 0.25) is 0 Å². The molecule has 2 N–H and O–H groups in total. The van der Waals surface area contributed by atoms with Crippen LogP contribution in [0, 0.1) is 0 Å². The average molecular weight is 200 g/mol. The van der Waals surface area contributed by atoms with Gasteiger partial charge < -0.3 is 10.1 Å². The molecule has 0 saturated carbocycles. The van der Waals surface area contributed by atoms with E-state index in [1.165, 1.54) is 5.56 Å². The number of rotatable bonds is 1. The number of nitrogens with one attached hydrogen (secondary N) is 1. The quantitative estimate of drug-likeness (QED) is 0.734. The highest BCUT2D eigenvalue weighted by Crippen LogP contribution is 2.40. The van der Waals surface area contributed by atoms with Crippen molar-refractivity contribution in [3.05, 3.63) is 53.6 Å². The van der Waals surface area contributed by atoms with Crippen molar-refractivity contribution in [3.63, 3.8) is 0 Å². The molecule has 0 fully saturated rings. The normalized spacial score (nSPS) is 24.1. The van der Waals surface area contributed by atoms with Crippen molar-refractivity contribution in [2.24, 2.45) is 0 Å². The van der Waals surface area contributed by atoms with Crippen LogP contribution < -0.4 is 0 Å². The van der Waals surface area contributed by atoms with E-state index in [4.69, 9.17) is 0 Å². The Morgan fingerprint density at radius 1 is 1.33 bits per heavy atom. The van der Waals surface area contributed by atoms with Crippen molar-refractivity contribution >= 4 is 0 Å². The minimum Gasteiger partial charge on any atom is -0.377 e. The molecular weight excluding hydrogens is 188 g/mol. The maximum atomic E-state index is 10.6. The topological polar surface area (TPSA) is 48.9 Å².